The van der Waals surface area contributed by atoms with Crippen molar-refractivity contribution in [2.75, 3.05) is 38.1 Å². The quantitative estimate of drug-likeness (QED) is 0.556. The SMILES string of the molecule is COc1ccc(NS(=O)(=O)c2cn(C)c(=O)n(C)c2=O)cc1S(=O)(=O)N1CCOCC1. The molecule has 0 saturated carbocycles. The number of aryl methyl sites for hydroxylation is 1. The Morgan fingerprint density at radius 3 is 2.29 bits per heavy atom. The molecule has 1 aromatic heterocycles. The van der Waals surface area contributed by atoms with Crippen LogP contribution >= 0.6 is 0 Å². The van der Waals surface area contributed by atoms with Crippen LogP contribution in [0.15, 0.2) is 43.8 Å². The van der Waals surface area contributed by atoms with Gasteiger partial charge in [0, 0.05) is 33.4 Å². The Hall–Kier alpha value is -2.68. The largest absolute Gasteiger partial charge is 0.495 e. The van der Waals surface area contributed by atoms with Gasteiger partial charge in [0.15, 0.2) is 4.90 Å². The van der Waals surface area contributed by atoms with Crippen LogP contribution in [0.25, 0.3) is 0 Å². The van der Waals surface area contributed by atoms with E-state index in [1.807, 2.05) is 0 Å². The van der Waals surface area contributed by atoms with Crippen molar-refractivity contribution in [2.45, 2.75) is 9.79 Å². The molecule has 1 saturated heterocycles. The van der Waals surface area contributed by atoms with Crippen LogP contribution in [0.4, 0.5) is 5.69 Å². The van der Waals surface area contributed by atoms with E-state index in [9.17, 15) is 26.4 Å². The van der Waals surface area contributed by atoms with Crippen LogP contribution in [0.1, 0.15) is 0 Å². The van der Waals surface area contributed by atoms with Crippen LogP contribution in [0.3, 0.4) is 0 Å². The van der Waals surface area contributed by atoms with E-state index in [4.69, 9.17) is 9.47 Å². The number of ether oxygens (including phenoxy) is 2. The molecule has 2 aromatic rings. The second-order valence-corrected chi connectivity index (χ2v) is 10.3. The molecular formula is C17H22N4O8S2. The smallest absolute Gasteiger partial charge is 0.330 e. The zero-order chi connectivity index (χ0) is 23.0. The van der Waals surface area contributed by atoms with Crippen molar-refractivity contribution in [3.63, 3.8) is 0 Å². The molecule has 1 N–H and O–H groups in total. The fourth-order valence-corrected chi connectivity index (χ4v) is 5.84. The van der Waals surface area contributed by atoms with Crippen molar-refractivity contribution in [3.05, 3.63) is 45.2 Å². The minimum absolute atomic E-state index is 0.0347. The van der Waals surface area contributed by atoms with Gasteiger partial charge in [-0.15, -0.1) is 0 Å². The van der Waals surface area contributed by atoms with Gasteiger partial charge in [-0.05, 0) is 18.2 Å². The van der Waals surface area contributed by atoms with E-state index in [2.05, 4.69) is 4.72 Å². The Bertz CT molecular complexity index is 1320. The predicted molar refractivity (Wildman–Crippen MR) is 110 cm³/mol. The van der Waals surface area contributed by atoms with Crippen LogP contribution in [-0.2, 0) is 38.9 Å². The fraction of sp³-hybridized carbons (Fsp3) is 0.412. The maximum absolute atomic E-state index is 13.1. The fourth-order valence-electron chi connectivity index (χ4n) is 3.04. The molecule has 0 amide bonds. The second-order valence-electron chi connectivity index (χ2n) is 6.74. The van der Waals surface area contributed by atoms with Crippen molar-refractivity contribution in [3.8, 4) is 5.75 Å². The molecule has 2 heterocycles. The van der Waals surface area contributed by atoms with E-state index < -0.39 is 36.2 Å². The summed E-state index contributed by atoms with van der Waals surface area (Å²) in [5, 5.41) is 0. The summed E-state index contributed by atoms with van der Waals surface area (Å²) in [5.41, 5.74) is -1.79. The van der Waals surface area contributed by atoms with Crippen LogP contribution < -0.4 is 20.7 Å². The van der Waals surface area contributed by atoms with Gasteiger partial charge in [0.1, 0.15) is 10.6 Å². The molecule has 0 atom stereocenters. The average Bonchev–Trinajstić information content (AvgIpc) is 2.75. The monoisotopic (exact) mass is 474 g/mol. The molecule has 14 heteroatoms. The lowest BCUT2D eigenvalue weighted by atomic mass is 10.3. The zero-order valence-electron chi connectivity index (χ0n) is 17.1. The summed E-state index contributed by atoms with van der Waals surface area (Å²) < 4.78 is 67.1. The number of benzene rings is 1. The highest BCUT2D eigenvalue weighted by Crippen LogP contribution is 2.30. The topological polar surface area (TPSA) is 146 Å². The zero-order valence-corrected chi connectivity index (χ0v) is 18.7. The first-order valence-electron chi connectivity index (χ1n) is 9.04. The number of morpholine rings is 1. The molecule has 170 valence electrons. The van der Waals surface area contributed by atoms with Crippen molar-refractivity contribution in [2.24, 2.45) is 14.1 Å². The summed E-state index contributed by atoms with van der Waals surface area (Å²) in [6, 6.07) is 3.73. The third kappa shape index (κ3) is 4.37. The molecule has 0 aliphatic carbocycles. The van der Waals surface area contributed by atoms with E-state index in [1.165, 1.54) is 30.6 Å². The maximum Gasteiger partial charge on any atom is 0.330 e. The van der Waals surface area contributed by atoms with Gasteiger partial charge in [0.2, 0.25) is 10.0 Å². The first kappa shape index (κ1) is 23.0. The third-order valence-electron chi connectivity index (χ3n) is 4.71. The third-order valence-corrected chi connectivity index (χ3v) is 7.99. The number of sulfonamides is 2. The van der Waals surface area contributed by atoms with Gasteiger partial charge in [0.25, 0.3) is 15.6 Å². The number of rotatable bonds is 6. The Labute approximate surface area is 178 Å². The Kier molecular flexibility index (Phi) is 6.27. The summed E-state index contributed by atoms with van der Waals surface area (Å²) >= 11 is 0. The lowest BCUT2D eigenvalue weighted by molar-refractivity contribution is 0.0729. The van der Waals surface area contributed by atoms with Crippen molar-refractivity contribution in [1.29, 1.82) is 0 Å². The van der Waals surface area contributed by atoms with Gasteiger partial charge in [-0.25, -0.2) is 21.6 Å². The molecule has 1 fully saturated rings. The summed E-state index contributed by atoms with van der Waals surface area (Å²) in [6.45, 7) is 0.777. The number of anilines is 1. The van der Waals surface area contributed by atoms with E-state index in [0.29, 0.717) is 4.57 Å². The highest BCUT2D eigenvalue weighted by Gasteiger charge is 2.30. The van der Waals surface area contributed by atoms with Crippen LogP contribution in [0, 0.1) is 0 Å². The Balaban J connectivity index is 2.04. The number of hydrogen-bond acceptors (Lipinski definition) is 8. The maximum atomic E-state index is 13.1. The van der Waals surface area contributed by atoms with Gasteiger partial charge in [-0.1, -0.05) is 0 Å². The van der Waals surface area contributed by atoms with Crippen LogP contribution in [0.5, 0.6) is 5.75 Å². The average molecular weight is 475 g/mol. The van der Waals surface area contributed by atoms with Gasteiger partial charge >= 0.3 is 5.69 Å². The lowest BCUT2D eigenvalue weighted by Gasteiger charge is -2.26. The number of methoxy groups -OCH3 is 1. The van der Waals surface area contributed by atoms with E-state index >= 15 is 0 Å². The van der Waals surface area contributed by atoms with E-state index in [-0.39, 0.29) is 42.6 Å². The highest BCUT2D eigenvalue weighted by atomic mass is 32.2. The highest BCUT2D eigenvalue weighted by molar-refractivity contribution is 7.92. The molecular weight excluding hydrogens is 452 g/mol. The van der Waals surface area contributed by atoms with Crippen molar-refractivity contribution in [1.82, 2.24) is 13.4 Å². The van der Waals surface area contributed by atoms with Crippen LogP contribution in [0.2, 0.25) is 0 Å². The normalized spacial score (nSPS) is 15.6. The second kappa shape index (κ2) is 8.45. The van der Waals surface area contributed by atoms with Crippen molar-refractivity contribution >= 4 is 25.7 Å². The first-order chi connectivity index (χ1) is 14.5. The molecule has 0 radical (unpaired) electrons. The Morgan fingerprint density at radius 2 is 1.68 bits per heavy atom. The molecule has 0 unspecified atom stereocenters. The molecule has 1 aliphatic heterocycles. The summed E-state index contributed by atoms with van der Waals surface area (Å²) in [6.07, 6.45) is 0.905. The minimum Gasteiger partial charge on any atom is -0.495 e. The van der Waals surface area contributed by atoms with Gasteiger partial charge < -0.3 is 14.0 Å². The Morgan fingerprint density at radius 1 is 1.03 bits per heavy atom. The minimum atomic E-state index is -4.42. The van der Waals surface area contributed by atoms with Gasteiger partial charge in [-0.3, -0.25) is 14.1 Å². The summed E-state index contributed by atoms with van der Waals surface area (Å²) in [4.78, 5) is 23.2. The molecule has 0 spiro atoms. The standard InChI is InChI=1S/C17H22N4O8S2/c1-19-11-15(16(22)20(2)17(19)23)30(24,25)18-12-4-5-13(28-3)14(10-12)31(26,27)21-6-8-29-9-7-21/h4-5,10-11,18H,6-9H2,1-3H3. The molecule has 31 heavy (non-hydrogen) atoms. The number of aromatic nitrogens is 2. The van der Waals surface area contributed by atoms with Crippen molar-refractivity contribution < 1.29 is 26.3 Å². The van der Waals surface area contributed by atoms with E-state index in [1.54, 1.807) is 0 Å². The molecule has 12 nitrogen and oxygen atoms in total. The number of nitrogens with zero attached hydrogens (tertiary/aromatic N) is 3. The molecule has 3 rings (SSSR count). The van der Waals surface area contributed by atoms with Gasteiger partial charge in [-0.2, -0.15) is 4.31 Å². The van der Waals surface area contributed by atoms with Gasteiger partial charge in [0.05, 0.1) is 26.0 Å². The molecule has 1 aromatic carbocycles. The molecule has 1 aliphatic rings. The first-order valence-corrected chi connectivity index (χ1v) is 12.0. The molecule has 0 bridgehead atoms. The number of nitrogens with one attached hydrogen (secondary N) is 1. The summed E-state index contributed by atoms with van der Waals surface area (Å²) in [7, 11) is -4.66. The lowest BCUT2D eigenvalue weighted by Crippen LogP contribution is -2.40. The predicted octanol–water partition coefficient (Wildman–Crippen LogP) is -1.09. The van der Waals surface area contributed by atoms with E-state index in [0.717, 1.165) is 23.9 Å². The summed E-state index contributed by atoms with van der Waals surface area (Å²) in [5.74, 6) is 0.0347. The van der Waals surface area contributed by atoms with Crippen LogP contribution in [-0.4, -0.2) is 63.7 Å². The number of hydrogen-bond donors (Lipinski definition) is 1.